The summed E-state index contributed by atoms with van der Waals surface area (Å²) in [6.45, 7) is 3.29. The lowest BCUT2D eigenvalue weighted by molar-refractivity contribution is -0.119. The van der Waals surface area contributed by atoms with Crippen LogP contribution < -0.4 is 5.32 Å². The van der Waals surface area contributed by atoms with Gasteiger partial charge in [0.1, 0.15) is 0 Å². The van der Waals surface area contributed by atoms with E-state index in [0.717, 1.165) is 18.4 Å². The SMILES string of the molecule is CC(C)(O)CC(=O)Nc1nn2c(C3CC3)cccc2c1C1CCC1. The molecular formula is C19H25N3O2. The highest BCUT2D eigenvalue weighted by Gasteiger charge is 2.31. The summed E-state index contributed by atoms with van der Waals surface area (Å²) in [6.07, 6.45) is 6.06. The topological polar surface area (TPSA) is 66.6 Å². The summed E-state index contributed by atoms with van der Waals surface area (Å²) in [4.78, 5) is 12.3. The summed E-state index contributed by atoms with van der Waals surface area (Å²) in [5.74, 6) is 1.58. The van der Waals surface area contributed by atoms with Gasteiger partial charge in [-0.2, -0.15) is 0 Å². The summed E-state index contributed by atoms with van der Waals surface area (Å²) in [6, 6.07) is 6.36. The molecule has 0 saturated heterocycles. The fourth-order valence-corrected chi connectivity index (χ4v) is 3.56. The first-order chi connectivity index (χ1) is 11.4. The summed E-state index contributed by atoms with van der Waals surface area (Å²) in [5, 5.41) is 17.6. The molecule has 0 aliphatic heterocycles. The van der Waals surface area contributed by atoms with Crippen molar-refractivity contribution in [3.63, 3.8) is 0 Å². The summed E-state index contributed by atoms with van der Waals surface area (Å²) >= 11 is 0. The van der Waals surface area contributed by atoms with E-state index < -0.39 is 5.60 Å². The standard InChI is InChI=1S/C19H25N3O2/c1-19(2,24)11-16(23)20-18-17(13-5-3-6-13)15-8-4-7-14(12-9-10-12)22(15)21-18/h4,7-8,12-13,24H,3,5-6,9-11H2,1-2H3,(H,20,21,23). The van der Waals surface area contributed by atoms with Crippen LogP contribution in [-0.4, -0.2) is 26.2 Å². The number of aromatic nitrogens is 2. The van der Waals surface area contributed by atoms with Gasteiger partial charge in [0.15, 0.2) is 5.82 Å². The molecule has 2 fully saturated rings. The lowest BCUT2D eigenvalue weighted by Gasteiger charge is -2.26. The summed E-state index contributed by atoms with van der Waals surface area (Å²) < 4.78 is 2.03. The van der Waals surface area contributed by atoms with Crippen LogP contribution >= 0.6 is 0 Å². The van der Waals surface area contributed by atoms with E-state index in [9.17, 15) is 9.90 Å². The van der Waals surface area contributed by atoms with Crippen molar-refractivity contribution in [1.29, 1.82) is 0 Å². The van der Waals surface area contributed by atoms with E-state index in [0.29, 0.717) is 17.7 Å². The molecule has 2 aliphatic carbocycles. The number of rotatable bonds is 5. The Bertz CT molecular complexity index is 780. The summed E-state index contributed by atoms with van der Waals surface area (Å²) in [7, 11) is 0. The molecule has 2 heterocycles. The van der Waals surface area contributed by atoms with Gasteiger partial charge in [0.2, 0.25) is 5.91 Å². The van der Waals surface area contributed by atoms with Crippen LogP contribution in [0.25, 0.3) is 5.52 Å². The van der Waals surface area contributed by atoms with E-state index in [1.165, 1.54) is 30.5 Å². The molecule has 2 aromatic rings. The number of hydrogen-bond donors (Lipinski definition) is 2. The van der Waals surface area contributed by atoms with Gasteiger partial charge in [-0.05, 0) is 57.6 Å². The molecule has 1 amide bonds. The number of carbonyl (C=O) groups excluding carboxylic acids is 1. The van der Waals surface area contributed by atoms with Crippen LogP contribution in [0, 0.1) is 0 Å². The van der Waals surface area contributed by atoms with E-state index >= 15 is 0 Å². The van der Waals surface area contributed by atoms with Gasteiger partial charge >= 0.3 is 0 Å². The minimum Gasteiger partial charge on any atom is -0.390 e. The molecule has 0 unspecified atom stereocenters. The van der Waals surface area contributed by atoms with Gasteiger partial charge in [0.05, 0.1) is 17.5 Å². The maximum Gasteiger partial charge on any atom is 0.228 e. The number of carbonyl (C=O) groups is 1. The van der Waals surface area contributed by atoms with Crippen molar-refractivity contribution in [2.75, 3.05) is 5.32 Å². The number of fused-ring (bicyclic) bond motifs is 1. The smallest absolute Gasteiger partial charge is 0.228 e. The highest BCUT2D eigenvalue weighted by molar-refractivity contribution is 5.92. The zero-order valence-electron chi connectivity index (χ0n) is 14.4. The Balaban J connectivity index is 1.73. The second-order valence-corrected chi connectivity index (χ2v) is 7.95. The van der Waals surface area contributed by atoms with Crippen LogP contribution in [-0.2, 0) is 4.79 Å². The second-order valence-electron chi connectivity index (χ2n) is 7.95. The van der Waals surface area contributed by atoms with Crippen LogP contribution in [0.15, 0.2) is 18.2 Å². The third kappa shape index (κ3) is 2.93. The van der Waals surface area contributed by atoms with Gasteiger partial charge in [0, 0.05) is 17.2 Å². The number of anilines is 1. The minimum atomic E-state index is -1.01. The first-order valence-electron chi connectivity index (χ1n) is 8.96. The molecule has 2 aliphatic rings. The van der Waals surface area contributed by atoms with Gasteiger partial charge in [0.25, 0.3) is 0 Å². The largest absolute Gasteiger partial charge is 0.390 e. The van der Waals surface area contributed by atoms with E-state index in [1.807, 2.05) is 4.52 Å². The molecule has 0 aromatic carbocycles. The molecule has 128 valence electrons. The van der Waals surface area contributed by atoms with Crippen molar-refractivity contribution >= 4 is 17.2 Å². The van der Waals surface area contributed by atoms with Crippen molar-refractivity contribution < 1.29 is 9.90 Å². The lowest BCUT2D eigenvalue weighted by atomic mass is 9.80. The number of amides is 1. The van der Waals surface area contributed by atoms with E-state index in [1.54, 1.807) is 13.8 Å². The molecule has 0 bridgehead atoms. The van der Waals surface area contributed by atoms with Crippen LogP contribution in [0.1, 0.15) is 75.5 Å². The molecule has 5 nitrogen and oxygen atoms in total. The molecule has 24 heavy (non-hydrogen) atoms. The van der Waals surface area contributed by atoms with Gasteiger partial charge in [-0.3, -0.25) is 4.79 Å². The van der Waals surface area contributed by atoms with Gasteiger partial charge in [-0.15, -0.1) is 5.10 Å². The van der Waals surface area contributed by atoms with Crippen molar-refractivity contribution in [2.45, 2.75) is 69.8 Å². The van der Waals surface area contributed by atoms with Crippen LogP contribution in [0.4, 0.5) is 5.82 Å². The first-order valence-corrected chi connectivity index (χ1v) is 8.96. The van der Waals surface area contributed by atoms with Gasteiger partial charge in [-0.25, -0.2) is 4.52 Å². The number of aliphatic hydroxyl groups is 1. The zero-order chi connectivity index (χ0) is 16.9. The Hall–Kier alpha value is -1.88. The van der Waals surface area contributed by atoms with Crippen LogP contribution in [0.3, 0.4) is 0 Å². The molecule has 0 radical (unpaired) electrons. The molecular weight excluding hydrogens is 302 g/mol. The Morgan fingerprint density at radius 3 is 2.62 bits per heavy atom. The zero-order valence-corrected chi connectivity index (χ0v) is 14.4. The molecule has 2 N–H and O–H groups in total. The highest BCUT2D eigenvalue weighted by atomic mass is 16.3. The maximum atomic E-state index is 12.3. The van der Waals surface area contributed by atoms with Crippen LogP contribution in [0.5, 0.6) is 0 Å². The van der Waals surface area contributed by atoms with E-state index in [-0.39, 0.29) is 12.3 Å². The summed E-state index contributed by atoms with van der Waals surface area (Å²) in [5.41, 5.74) is 2.53. The highest BCUT2D eigenvalue weighted by Crippen LogP contribution is 2.45. The molecule has 4 rings (SSSR count). The molecule has 2 aromatic heterocycles. The fraction of sp³-hybridized carbons (Fsp3) is 0.579. The average molecular weight is 327 g/mol. The van der Waals surface area contributed by atoms with Crippen molar-refractivity contribution in [2.24, 2.45) is 0 Å². The Morgan fingerprint density at radius 1 is 1.29 bits per heavy atom. The molecule has 0 spiro atoms. The monoisotopic (exact) mass is 327 g/mol. The van der Waals surface area contributed by atoms with Gasteiger partial charge < -0.3 is 10.4 Å². The number of pyridine rings is 1. The van der Waals surface area contributed by atoms with Crippen molar-refractivity contribution in [1.82, 2.24) is 9.61 Å². The number of nitrogens with zero attached hydrogens (tertiary/aromatic N) is 2. The minimum absolute atomic E-state index is 0.0699. The predicted molar refractivity (Wildman–Crippen MR) is 93.3 cm³/mol. The Labute approximate surface area is 142 Å². The molecule has 5 heteroatoms. The second kappa shape index (κ2) is 5.59. The third-order valence-electron chi connectivity index (χ3n) is 5.08. The van der Waals surface area contributed by atoms with Gasteiger partial charge in [-0.1, -0.05) is 12.5 Å². The molecule has 2 saturated carbocycles. The van der Waals surface area contributed by atoms with Crippen molar-refractivity contribution in [3.05, 3.63) is 29.5 Å². The maximum absolute atomic E-state index is 12.3. The average Bonchev–Trinajstić information content (AvgIpc) is 3.20. The quantitative estimate of drug-likeness (QED) is 0.882. The van der Waals surface area contributed by atoms with E-state index in [4.69, 9.17) is 5.10 Å². The lowest BCUT2D eigenvalue weighted by Crippen LogP contribution is -2.27. The normalized spacial score (nSPS) is 18.6. The van der Waals surface area contributed by atoms with E-state index in [2.05, 4.69) is 23.5 Å². The number of nitrogens with one attached hydrogen (secondary N) is 1. The fourth-order valence-electron chi connectivity index (χ4n) is 3.56. The Kier molecular flexibility index (Phi) is 3.64. The molecule has 0 atom stereocenters. The third-order valence-corrected chi connectivity index (χ3v) is 5.08. The van der Waals surface area contributed by atoms with Crippen LogP contribution in [0.2, 0.25) is 0 Å². The number of hydrogen-bond acceptors (Lipinski definition) is 3. The van der Waals surface area contributed by atoms with Crippen molar-refractivity contribution in [3.8, 4) is 0 Å². The first kappa shape index (κ1) is 15.6. The predicted octanol–water partition coefficient (Wildman–Crippen LogP) is 3.58. The Morgan fingerprint density at radius 2 is 2.04 bits per heavy atom.